The van der Waals surface area contributed by atoms with E-state index in [1.165, 1.54) is 0 Å². The Labute approximate surface area is 105 Å². The Hall–Kier alpha value is -1.63. The van der Waals surface area contributed by atoms with Gasteiger partial charge in [-0.25, -0.2) is 0 Å². The lowest BCUT2D eigenvalue weighted by atomic mass is 9.86. The second-order valence-electron chi connectivity index (χ2n) is 4.67. The summed E-state index contributed by atoms with van der Waals surface area (Å²) in [6.07, 6.45) is 2.14. The molecule has 0 heterocycles. The highest BCUT2D eigenvalue weighted by Gasteiger charge is 2.27. The summed E-state index contributed by atoms with van der Waals surface area (Å²) in [4.78, 5) is 33.0. The Morgan fingerprint density at radius 3 is 2.22 bits per heavy atom. The summed E-state index contributed by atoms with van der Waals surface area (Å²) in [7, 11) is 0. The Morgan fingerprint density at radius 1 is 1.22 bits per heavy atom. The van der Waals surface area contributed by atoms with Gasteiger partial charge in [0.25, 0.3) is 0 Å². The molecule has 1 atom stereocenters. The van der Waals surface area contributed by atoms with E-state index in [2.05, 4.69) is 5.32 Å². The molecule has 1 aliphatic carbocycles. The first-order chi connectivity index (χ1) is 8.40. The third-order valence-electron chi connectivity index (χ3n) is 3.18. The second-order valence-corrected chi connectivity index (χ2v) is 4.67. The molecular formula is C11H19N3O4. The van der Waals surface area contributed by atoms with Crippen LogP contribution in [0.2, 0.25) is 0 Å². The fourth-order valence-electron chi connectivity index (χ4n) is 2.10. The van der Waals surface area contributed by atoms with E-state index in [-0.39, 0.29) is 18.4 Å². The Bertz CT molecular complexity index is 337. The number of carbonyl (C=O) groups excluding carboxylic acids is 2. The van der Waals surface area contributed by atoms with Crippen LogP contribution in [0.1, 0.15) is 32.1 Å². The van der Waals surface area contributed by atoms with Crippen molar-refractivity contribution in [1.29, 1.82) is 0 Å². The van der Waals surface area contributed by atoms with Crippen LogP contribution >= 0.6 is 0 Å². The lowest BCUT2D eigenvalue weighted by Gasteiger charge is -2.27. The van der Waals surface area contributed by atoms with Crippen LogP contribution in [0.5, 0.6) is 0 Å². The van der Waals surface area contributed by atoms with E-state index in [0.717, 1.165) is 0 Å². The molecule has 1 unspecified atom stereocenters. The zero-order chi connectivity index (χ0) is 13.7. The molecule has 0 spiro atoms. The normalized spacial score (nSPS) is 25.2. The van der Waals surface area contributed by atoms with E-state index in [0.29, 0.717) is 25.7 Å². The van der Waals surface area contributed by atoms with Crippen molar-refractivity contribution in [3.05, 3.63) is 0 Å². The third-order valence-corrected chi connectivity index (χ3v) is 3.18. The molecule has 1 aliphatic rings. The highest BCUT2D eigenvalue weighted by atomic mass is 16.4. The lowest BCUT2D eigenvalue weighted by Crippen LogP contribution is -2.48. The molecule has 18 heavy (non-hydrogen) atoms. The molecule has 1 saturated carbocycles. The van der Waals surface area contributed by atoms with Crippen LogP contribution in [-0.4, -0.2) is 35.0 Å². The van der Waals surface area contributed by atoms with E-state index in [4.69, 9.17) is 16.6 Å². The van der Waals surface area contributed by atoms with Gasteiger partial charge in [-0.05, 0) is 25.7 Å². The minimum atomic E-state index is -0.931. The largest absolute Gasteiger partial charge is 0.481 e. The number of amides is 2. The predicted molar refractivity (Wildman–Crippen MR) is 63.3 cm³/mol. The fraction of sp³-hybridized carbons (Fsp3) is 0.727. The van der Waals surface area contributed by atoms with Crippen LogP contribution in [0.4, 0.5) is 0 Å². The summed E-state index contributed by atoms with van der Waals surface area (Å²) in [5.41, 5.74) is 10.5. The standard InChI is InChI=1S/C11H19N3O4/c12-8(5-9(13)15)10(16)14-7-3-1-6(2-4-7)11(17)18/h6-8H,1-5,12H2,(H2,13,15)(H,14,16)(H,17,18). The van der Waals surface area contributed by atoms with Crippen molar-refractivity contribution in [2.45, 2.75) is 44.2 Å². The van der Waals surface area contributed by atoms with Gasteiger partial charge in [0.05, 0.1) is 18.4 Å². The molecule has 0 aromatic rings. The molecule has 7 nitrogen and oxygen atoms in total. The first kappa shape index (κ1) is 14.4. The zero-order valence-corrected chi connectivity index (χ0v) is 10.1. The minimum Gasteiger partial charge on any atom is -0.481 e. The van der Waals surface area contributed by atoms with Crippen molar-refractivity contribution < 1.29 is 19.5 Å². The fourth-order valence-corrected chi connectivity index (χ4v) is 2.10. The van der Waals surface area contributed by atoms with Crippen molar-refractivity contribution in [1.82, 2.24) is 5.32 Å². The molecule has 0 radical (unpaired) electrons. The van der Waals surface area contributed by atoms with Crippen LogP contribution in [-0.2, 0) is 14.4 Å². The number of aliphatic carboxylic acids is 1. The molecule has 2 amide bonds. The second kappa shape index (κ2) is 6.34. The Balaban J connectivity index is 2.34. The van der Waals surface area contributed by atoms with Gasteiger partial charge in [-0.2, -0.15) is 0 Å². The molecule has 1 fully saturated rings. The minimum absolute atomic E-state index is 0.0629. The number of nitrogens with one attached hydrogen (secondary N) is 1. The van der Waals surface area contributed by atoms with E-state index in [1.54, 1.807) is 0 Å². The zero-order valence-electron chi connectivity index (χ0n) is 10.1. The van der Waals surface area contributed by atoms with Crippen molar-refractivity contribution in [3.63, 3.8) is 0 Å². The predicted octanol–water partition coefficient (Wildman–Crippen LogP) is -1.05. The molecule has 1 rings (SSSR count). The van der Waals surface area contributed by atoms with Crippen LogP contribution in [0.3, 0.4) is 0 Å². The molecule has 0 bridgehead atoms. The number of carbonyl (C=O) groups is 3. The van der Waals surface area contributed by atoms with Crippen molar-refractivity contribution in [2.24, 2.45) is 17.4 Å². The maximum Gasteiger partial charge on any atom is 0.306 e. The average Bonchev–Trinajstić information content (AvgIpc) is 2.28. The quantitative estimate of drug-likeness (QED) is 0.498. The topological polar surface area (TPSA) is 136 Å². The Morgan fingerprint density at radius 2 is 1.78 bits per heavy atom. The summed E-state index contributed by atoms with van der Waals surface area (Å²) in [5, 5.41) is 11.6. The monoisotopic (exact) mass is 257 g/mol. The van der Waals surface area contributed by atoms with Crippen molar-refractivity contribution in [2.75, 3.05) is 0 Å². The highest BCUT2D eigenvalue weighted by Crippen LogP contribution is 2.24. The number of nitrogens with two attached hydrogens (primary N) is 2. The van der Waals surface area contributed by atoms with Gasteiger partial charge in [0.15, 0.2) is 0 Å². The number of primary amides is 1. The third kappa shape index (κ3) is 4.33. The van der Waals surface area contributed by atoms with Crippen molar-refractivity contribution >= 4 is 17.8 Å². The molecule has 0 saturated heterocycles. The number of hydrogen-bond acceptors (Lipinski definition) is 4. The smallest absolute Gasteiger partial charge is 0.306 e. The molecule has 0 aromatic carbocycles. The molecule has 102 valence electrons. The molecular weight excluding hydrogens is 238 g/mol. The maximum atomic E-state index is 11.6. The summed E-state index contributed by atoms with van der Waals surface area (Å²) < 4.78 is 0. The van der Waals surface area contributed by atoms with Gasteiger partial charge in [0, 0.05) is 6.04 Å². The Kier molecular flexibility index (Phi) is 5.08. The van der Waals surface area contributed by atoms with Crippen LogP contribution < -0.4 is 16.8 Å². The first-order valence-corrected chi connectivity index (χ1v) is 5.97. The number of hydrogen-bond donors (Lipinski definition) is 4. The average molecular weight is 257 g/mol. The number of rotatable bonds is 5. The van der Waals surface area contributed by atoms with E-state index < -0.39 is 23.8 Å². The van der Waals surface area contributed by atoms with Crippen LogP contribution in [0.15, 0.2) is 0 Å². The molecule has 6 N–H and O–H groups in total. The van der Waals surface area contributed by atoms with Gasteiger partial charge in [0.1, 0.15) is 0 Å². The van der Waals surface area contributed by atoms with Gasteiger partial charge in [-0.15, -0.1) is 0 Å². The molecule has 0 aliphatic heterocycles. The van der Waals surface area contributed by atoms with Gasteiger partial charge < -0.3 is 21.9 Å². The summed E-state index contributed by atoms with van der Waals surface area (Å²) in [6.45, 7) is 0. The van der Waals surface area contributed by atoms with Gasteiger partial charge in [-0.3, -0.25) is 14.4 Å². The maximum absolute atomic E-state index is 11.6. The SMILES string of the molecule is NC(=O)CC(N)C(=O)NC1CCC(C(=O)O)CC1. The van der Waals surface area contributed by atoms with E-state index in [1.807, 2.05) is 0 Å². The van der Waals surface area contributed by atoms with Crippen LogP contribution in [0, 0.1) is 5.92 Å². The van der Waals surface area contributed by atoms with E-state index in [9.17, 15) is 14.4 Å². The molecule has 7 heteroatoms. The lowest BCUT2D eigenvalue weighted by molar-refractivity contribution is -0.142. The van der Waals surface area contributed by atoms with E-state index >= 15 is 0 Å². The molecule has 0 aromatic heterocycles. The number of carboxylic acid groups (broad SMARTS) is 1. The highest BCUT2D eigenvalue weighted by molar-refractivity contribution is 5.87. The van der Waals surface area contributed by atoms with Gasteiger partial charge in [-0.1, -0.05) is 0 Å². The number of carboxylic acids is 1. The van der Waals surface area contributed by atoms with Crippen LogP contribution in [0.25, 0.3) is 0 Å². The first-order valence-electron chi connectivity index (χ1n) is 5.97. The summed E-state index contributed by atoms with van der Waals surface area (Å²) in [6, 6.07) is -0.994. The van der Waals surface area contributed by atoms with Crippen molar-refractivity contribution in [3.8, 4) is 0 Å². The van der Waals surface area contributed by atoms with Gasteiger partial charge >= 0.3 is 5.97 Å². The summed E-state index contributed by atoms with van der Waals surface area (Å²) in [5.74, 6) is -2.14. The van der Waals surface area contributed by atoms with Gasteiger partial charge in [0.2, 0.25) is 11.8 Å². The summed E-state index contributed by atoms with van der Waals surface area (Å²) >= 11 is 0.